The molecular weight excluding hydrogens is 428 g/mol. The highest BCUT2D eigenvalue weighted by molar-refractivity contribution is 6.04. The molecule has 2 aliphatic carbocycles. The number of nitrogens with one attached hydrogen (secondary N) is 2. The molecule has 0 atom stereocenters. The van der Waals surface area contributed by atoms with Crippen molar-refractivity contribution in [3.05, 3.63) is 65.4 Å². The molecule has 5 rings (SSSR count). The van der Waals surface area contributed by atoms with Crippen LogP contribution in [0.5, 0.6) is 5.75 Å². The minimum atomic E-state index is -0.237. The molecule has 2 saturated carbocycles. The summed E-state index contributed by atoms with van der Waals surface area (Å²) in [6, 6.07) is 14.4. The van der Waals surface area contributed by atoms with Gasteiger partial charge in [-0.15, -0.1) is 0 Å². The van der Waals surface area contributed by atoms with Crippen molar-refractivity contribution in [2.24, 2.45) is 0 Å². The molecule has 2 aliphatic rings. The fourth-order valence-corrected chi connectivity index (χ4v) is 4.59. The number of aromatic nitrogens is 2. The van der Waals surface area contributed by atoms with Gasteiger partial charge in [-0.1, -0.05) is 31.9 Å². The third-order valence-corrected chi connectivity index (χ3v) is 6.76. The summed E-state index contributed by atoms with van der Waals surface area (Å²) < 4.78 is 1.48. The lowest BCUT2D eigenvalue weighted by molar-refractivity contribution is 0.102. The van der Waals surface area contributed by atoms with Crippen LogP contribution in [0.4, 0.5) is 10.5 Å². The van der Waals surface area contributed by atoms with Gasteiger partial charge in [0.2, 0.25) is 0 Å². The lowest BCUT2D eigenvalue weighted by atomic mass is 10.0. The van der Waals surface area contributed by atoms with E-state index in [1.807, 2.05) is 18.2 Å². The normalized spacial score (nSPS) is 15.9. The van der Waals surface area contributed by atoms with Crippen LogP contribution in [0, 0.1) is 0 Å². The lowest BCUT2D eigenvalue weighted by Crippen LogP contribution is -2.32. The highest BCUT2D eigenvalue weighted by atomic mass is 16.3. The SMILES string of the molecule is CCc1ccc(C(=O)Nc2ccc(-c3cc(C4CCCC4)n(C(=O)NC4CC4)n3)c(O)c2)cc1. The Kier molecular flexibility index (Phi) is 6.09. The zero-order valence-electron chi connectivity index (χ0n) is 19.4. The maximum absolute atomic E-state index is 12.8. The van der Waals surface area contributed by atoms with Crippen LogP contribution in [-0.4, -0.2) is 32.9 Å². The fraction of sp³-hybridized carbons (Fsp3) is 0.370. The van der Waals surface area contributed by atoms with Gasteiger partial charge in [-0.3, -0.25) is 4.79 Å². The van der Waals surface area contributed by atoms with Crippen molar-refractivity contribution >= 4 is 17.6 Å². The molecule has 7 heteroatoms. The highest BCUT2D eigenvalue weighted by Gasteiger charge is 2.29. The molecule has 2 fully saturated rings. The Morgan fingerprint density at radius 2 is 1.76 bits per heavy atom. The number of amides is 2. The molecule has 0 aliphatic heterocycles. The monoisotopic (exact) mass is 458 g/mol. The average Bonchev–Trinajstić information content (AvgIpc) is 3.31. The van der Waals surface area contributed by atoms with Gasteiger partial charge in [-0.05, 0) is 68.0 Å². The standard InChI is InChI=1S/C27H30N4O3/c1-2-17-7-9-19(10-8-17)26(33)28-21-13-14-22(25(32)15-21)23-16-24(18-5-3-4-6-18)31(30-23)27(34)29-20-11-12-20/h7-10,13-16,18,20,32H,2-6,11-12H2,1H3,(H,28,33)(H,29,34). The first-order valence-corrected chi connectivity index (χ1v) is 12.2. The van der Waals surface area contributed by atoms with E-state index in [-0.39, 0.29) is 23.7 Å². The van der Waals surface area contributed by atoms with E-state index in [0.717, 1.165) is 50.6 Å². The number of benzene rings is 2. The van der Waals surface area contributed by atoms with Crippen LogP contribution in [0.25, 0.3) is 11.3 Å². The van der Waals surface area contributed by atoms with Gasteiger partial charge in [-0.2, -0.15) is 9.78 Å². The number of phenolic OH excluding ortho intramolecular Hbond substituents is 1. The average molecular weight is 459 g/mol. The van der Waals surface area contributed by atoms with Crippen LogP contribution in [0.3, 0.4) is 0 Å². The Morgan fingerprint density at radius 1 is 1.03 bits per heavy atom. The highest BCUT2D eigenvalue weighted by Crippen LogP contribution is 2.38. The van der Waals surface area contributed by atoms with E-state index < -0.39 is 0 Å². The molecule has 0 bridgehead atoms. The van der Waals surface area contributed by atoms with Crippen molar-refractivity contribution < 1.29 is 14.7 Å². The van der Waals surface area contributed by atoms with E-state index >= 15 is 0 Å². The largest absolute Gasteiger partial charge is 0.507 e. The first kappa shape index (κ1) is 22.2. The van der Waals surface area contributed by atoms with Crippen molar-refractivity contribution in [2.75, 3.05) is 5.32 Å². The topological polar surface area (TPSA) is 96.3 Å². The molecule has 2 amide bonds. The van der Waals surface area contributed by atoms with Crippen LogP contribution in [-0.2, 0) is 6.42 Å². The summed E-state index contributed by atoms with van der Waals surface area (Å²) in [5.41, 5.74) is 4.20. The zero-order chi connectivity index (χ0) is 23.7. The Balaban J connectivity index is 1.38. The van der Waals surface area contributed by atoms with Gasteiger partial charge in [0.1, 0.15) is 5.75 Å². The third-order valence-electron chi connectivity index (χ3n) is 6.76. The molecule has 3 N–H and O–H groups in total. The van der Waals surface area contributed by atoms with Crippen LogP contribution >= 0.6 is 0 Å². The molecule has 176 valence electrons. The Bertz CT molecular complexity index is 1210. The third kappa shape index (κ3) is 4.69. The van der Waals surface area contributed by atoms with E-state index in [2.05, 4.69) is 22.7 Å². The molecule has 7 nitrogen and oxygen atoms in total. The predicted octanol–water partition coefficient (Wildman–Crippen LogP) is 5.45. The molecule has 1 heterocycles. The number of hydrogen-bond donors (Lipinski definition) is 3. The van der Waals surface area contributed by atoms with Gasteiger partial charge in [0, 0.05) is 34.8 Å². The number of aryl methyl sites for hydroxylation is 1. The van der Waals surface area contributed by atoms with Gasteiger partial charge in [-0.25, -0.2) is 4.79 Å². The van der Waals surface area contributed by atoms with Gasteiger partial charge < -0.3 is 15.7 Å². The number of carbonyl (C=O) groups excluding carboxylic acids is 2. The van der Waals surface area contributed by atoms with Gasteiger partial charge >= 0.3 is 6.03 Å². The molecule has 3 aromatic rings. The summed E-state index contributed by atoms with van der Waals surface area (Å²) in [6.45, 7) is 2.07. The minimum Gasteiger partial charge on any atom is -0.507 e. The maximum atomic E-state index is 12.8. The number of carbonyl (C=O) groups is 2. The van der Waals surface area contributed by atoms with Gasteiger partial charge in [0.05, 0.1) is 11.4 Å². The molecule has 0 radical (unpaired) electrons. The summed E-state index contributed by atoms with van der Waals surface area (Å²) in [7, 11) is 0. The van der Waals surface area contributed by atoms with Crippen LogP contribution in [0.2, 0.25) is 0 Å². The fourth-order valence-electron chi connectivity index (χ4n) is 4.59. The number of hydrogen-bond acceptors (Lipinski definition) is 4. The lowest BCUT2D eigenvalue weighted by Gasteiger charge is -2.11. The second-order valence-corrected chi connectivity index (χ2v) is 9.31. The summed E-state index contributed by atoms with van der Waals surface area (Å²) >= 11 is 0. The van der Waals surface area contributed by atoms with Gasteiger partial charge in [0.25, 0.3) is 5.91 Å². The Morgan fingerprint density at radius 3 is 2.41 bits per heavy atom. The summed E-state index contributed by atoms with van der Waals surface area (Å²) in [5, 5.41) is 21.2. The molecule has 0 saturated heterocycles. The summed E-state index contributed by atoms with van der Waals surface area (Å²) in [4.78, 5) is 25.4. The molecule has 0 unspecified atom stereocenters. The number of anilines is 1. The van der Waals surface area contributed by atoms with E-state index in [9.17, 15) is 14.7 Å². The van der Waals surface area contributed by atoms with Crippen molar-refractivity contribution in [3.8, 4) is 17.0 Å². The number of phenols is 1. The maximum Gasteiger partial charge on any atom is 0.342 e. The van der Waals surface area contributed by atoms with Crippen molar-refractivity contribution in [1.82, 2.24) is 15.1 Å². The zero-order valence-corrected chi connectivity index (χ0v) is 19.4. The van der Waals surface area contributed by atoms with E-state index in [1.165, 1.54) is 16.3 Å². The van der Waals surface area contributed by atoms with Crippen LogP contribution in [0.15, 0.2) is 48.5 Å². The Labute approximate surface area is 199 Å². The van der Waals surface area contributed by atoms with Gasteiger partial charge in [0.15, 0.2) is 0 Å². The van der Waals surface area contributed by atoms with Crippen LogP contribution in [0.1, 0.15) is 73.0 Å². The van der Waals surface area contributed by atoms with Crippen molar-refractivity contribution in [1.29, 1.82) is 0 Å². The predicted molar refractivity (Wildman–Crippen MR) is 131 cm³/mol. The van der Waals surface area contributed by atoms with Crippen molar-refractivity contribution in [2.45, 2.75) is 63.8 Å². The number of nitrogens with zero attached hydrogens (tertiary/aromatic N) is 2. The summed E-state index contributed by atoms with van der Waals surface area (Å²) in [5.74, 6) is 0.0645. The van der Waals surface area contributed by atoms with E-state index in [1.54, 1.807) is 24.3 Å². The molecular formula is C27H30N4O3. The second kappa shape index (κ2) is 9.33. The molecule has 1 aromatic heterocycles. The molecule has 0 spiro atoms. The summed E-state index contributed by atoms with van der Waals surface area (Å²) in [6.07, 6.45) is 7.31. The first-order valence-electron chi connectivity index (χ1n) is 12.2. The smallest absolute Gasteiger partial charge is 0.342 e. The van der Waals surface area contributed by atoms with Crippen molar-refractivity contribution in [3.63, 3.8) is 0 Å². The number of rotatable bonds is 6. The van der Waals surface area contributed by atoms with E-state index in [0.29, 0.717) is 28.4 Å². The minimum absolute atomic E-state index is 0.00403. The van der Waals surface area contributed by atoms with E-state index in [4.69, 9.17) is 0 Å². The quantitative estimate of drug-likeness (QED) is 0.458. The molecule has 2 aromatic carbocycles. The molecule has 34 heavy (non-hydrogen) atoms. The van der Waals surface area contributed by atoms with Crippen LogP contribution < -0.4 is 10.6 Å². The number of aromatic hydroxyl groups is 1. The second-order valence-electron chi connectivity index (χ2n) is 9.31. The first-order chi connectivity index (χ1) is 16.5. The Hall–Kier alpha value is -3.61.